The highest BCUT2D eigenvalue weighted by atomic mass is 19.4. The van der Waals surface area contributed by atoms with Crippen LogP contribution in [0.15, 0.2) is 24.5 Å². The number of methoxy groups -OCH3 is 1. The molecule has 0 amide bonds. The number of hydrogen-bond donors (Lipinski definition) is 1. The van der Waals surface area contributed by atoms with Gasteiger partial charge in [-0.2, -0.15) is 23.4 Å². The number of halogens is 3. The smallest absolute Gasteiger partial charge is 0.475 e. The van der Waals surface area contributed by atoms with Crippen molar-refractivity contribution < 1.29 is 42.1 Å². The van der Waals surface area contributed by atoms with Crippen LogP contribution >= 0.6 is 0 Å². The van der Waals surface area contributed by atoms with E-state index in [2.05, 4.69) is 24.9 Å². The molecule has 28 heavy (non-hydrogen) atoms. The van der Waals surface area contributed by atoms with Crippen molar-refractivity contribution in [2.45, 2.75) is 19.7 Å². The first kappa shape index (κ1) is 22.4. The van der Waals surface area contributed by atoms with Crippen molar-refractivity contribution >= 4 is 17.9 Å². The third-order valence-corrected chi connectivity index (χ3v) is 2.72. The number of carbonyl (C=O) groups is 3. The topological polar surface area (TPSA) is 141 Å². The molecule has 0 saturated heterocycles. The summed E-state index contributed by atoms with van der Waals surface area (Å²) in [4.78, 5) is 39.9. The highest BCUT2D eigenvalue weighted by Crippen LogP contribution is 2.13. The molecule has 2 aromatic rings. The van der Waals surface area contributed by atoms with Gasteiger partial charge in [-0.15, -0.1) is 0 Å². The number of alkyl halides is 3. The van der Waals surface area contributed by atoms with Crippen molar-refractivity contribution in [2.75, 3.05) is 7.11 Å². The molecule has 0 aliphatic rings. The van der Waals surface area contributed by atoms with Gasteiger partial charge in [-0.25, -0.2) is 24.4 Å². The molecule has 0 bridgehead atoms. The van der Waals surface area contributed by atoms with Gasteiger partial charge in [0.15, 0.2) is 11.4 Å². The molecule has 0 aromatic carbocycles. The minimum Gasteiger partial charge on any atom is -0.475 e. The first-order chi connectivity index (χ1) is 13.1. The fourth-order valence-corrected chi connectivity index (χ4v) is 1.44. The van der Waals surface area contributed by atoms with Crippen LogP contribution in [0.3, 0.4) is 0 Å². The molecular weight excluding hydrogens is 389 g/mol. The van der Waals surface area contributed by atoms with E-state index in [-0.39, 0.29) is 18.0 Å². The second-order valence-corrected chi connectivity index (χ2v) is 4.79. The Labute approximate surface area is 155 Å². The Morgan fingerprint density at radius 1 is 1.04 bits per heavy atom. The van der Waals surface area contributed by atoms with E-state index in [0.717, 1.165) is 5.69 Å². The van der Waals surface area contributed by atoms with Crippen LogP contribution in [0.5, 0.6) is 0 Å². The fraction of sp³-hybridized carbons (Fsp3) is 0.267. The quantitative estimate of drug-likeness (QED) is 0.745. The molecular formula is C15H13F3N4O6. The van der Waals surface area contributed by atoms with Crippen molar-refractivity contribution in [2.24, 2.45) is 0 Å². The zero-order chi connectivity index (χ0) is 21.3. The molecule has 0 unspecified atom stereocenters. The lowest BCUT2D eigenvalue weighted by molar-refractivity contribution is -0.192. The summed E-state index contributed by atoms with van der Waals surface area (Å²) in [7, 11) is 1.19. The number of carboxylic acids is 1. The second kappa shape index (κ2) is 9.89. The van der Waals surface area contributed by atoms with Crippen molar-refractivity contribution in [3.05, 3.63) is 47.3 Å². The van der Waals surface area contributed by atoms with E-state index in [1.165, 1.54) is 19.5 Å². The lowest BCUT2D eigenvalue weighted by atomic mass is 10.3. The summed E-state index contributed by atoms with van der Waals surface area (Å²) in [6.07, 6.45) is -2.51. The molecule has 0 aliphatic carbocycles. The summed E-state index contributed by atoms with van der Waals surface area (Å²) in [5.74, 6) is -4.30. The molecule has 2 aromatic heterocycles. The lowest BCUT2D eigenvalue weighted by Gasteiger charge is -2.06. The van der Waals surface area contributed by atoms with Crippen LogP contribution in [0.4, 0.5) is 13.2 Å². The normalized spacial score (nSPS) is 10.3. The minimum absolute atomic E-state index is 0.0801. The van der Waals surface area contributed by atoms with Crippen LogP contribution in [-0.2, 0) is 20.9 Å². The Morgan fingerprint density at radius 3 is 2.00 bits per heavy atom. The van der Waals surface area contributed by atoms with Gasteiger partial charge in [-0.05, 0) is 19.1 Å². The summed E-state index contributed by atoms with van der Waals surface area (Å²) in [5, 5.41) is 14.8. The van der Waals surface area contributed by atoms with Crippen LogP contribution in [0.1, 0.15) is 32.4 Å². The van der Waals surface area contributed by atoms with Gasteiger partial charge < -0.3 is 14.6 Å². The predicted molar refractivity (Wildman–Crippen MR) is 83.0 cm³/mol. The van der Waals surface area contributed by atoms with Gasteiger partial charge in [0, 0.05) is 12.4 Å². The maximum atomic E-state index is 11.9. The molecule has 150 valence electrons. The van der Waals surface area contributed by atoms with Gasteiger partial charge in [0.1, 0.15) is 12.3 Å². The van der Waals surface area contributed by atoms with Crippen molar-refractivity contribution in [3.63, 3.8) is 0 Å². The van der Waals surface area contributed by atoms with Gasteiger partial charge in [0.25, 0.3) is 0 Å². The van der Waals surface area contributed by atoms with Gasteiger partial charge in [0.2, 0.25) is 0 Å². The molecule has 0 atom stereocenters. The van der Waals surface area contributed by atoms with E-state index in [1.54, 1.807) is 19.1 Å². The number of aliphatic carboxylic acids is 1. The van der Waals surface area contributed by atoms with Crippen LogP contribution in [-0.4, -0.2) is 56.5 Å². The van der Waals surface area contributed by atoms with Crippen molar-refractivity contribution in [1.82, 2.24) is 20.2 Å². The Bertz CT molecular complexity index is 842. The number of hydrogen-bond acceptors (Lipinski definition) is 9. The highest BCUT2D eigenvalue weighted by Gasteiger charge is 2.38. The van der Waals surface area contributed by atoms with Crippen LogP contribution in [0, 0.1) is 6.92 Å². The largest absolute Gasteiger partial charge is 0.490 e. The van der Waals surface area contributed by atoms with Crippen LogP contribution in [0.25, 0.3) is 0 Å². The molecule has 0 fully saturated rings. The van der Waals surface area contributed by atoms with E-state index >= 15 is 0 Å². The van der Waals surface area contributed by atoms with E-state index in [1.807, 2.05) is 0 Å². The number of ether oxygens (including phenoxy) is 2. The number of nitrogens with zero attached hydrogens (tertiary/aromatic N) is 4. The SMILES string of the molecule is COC(=O)c1nccnc1C(=O)OCc1ccc(C)nn1.O=C(O)C(F)(F)F. The average Bonchev–Trinajstić information content (AvgIpc) is 2.66. The first-order valence-corrected chi connectivity index (χ1v) is 7.22. The van der Waals surface area contributed by atoms with Gasteiger partial charge in [0.05, 0.1) is 12.8 Å². The standard InChI is InChI=1S/C13H12N4O4.C2HF3O2/c1-8-3-4-9(17-16-8)7-21-13(19)11-10(12(18)20-2)14-5-6-15-11;3-2(4,5)1(6)7/h3-6H,7H2,1-2H3;(H,6,7). The number of esters is 2. The Morgan fingerprint density at radius 2 is 1.57 bits per heavy atom. The molecule has 10 nitrogen and oxygen atoms in total. The zero-order valence-corrected chi connectivity index (χ0v) is 14.4. The Balaban J connectivity index is 0.000000480. The van der Waals surface area contributed by atoms with Crippen molar-refractivity contribution in [1.29, 1.82) is 0 Å². The summed E-state index contributed by atoms with van der Waals surface area (Å²) >= 11 is 0. The first-order valence-electron chi connectivity index (χ1n) is 7.22. The summed E-state index contributed by atoms with van der Waals surface area (Å²) in [5.41, 5.74) is 0.842. The molecule has 0 radical (unpaired) electrons. The third-order valence-electron chi connectivity index (χ3n) is 2.72. The highest BCUT2D eigenvalue weighted by molar-refractivity contribution is 6.00. The molecule has 0 spiro atoms. The number of rotatable bonds is 4. The number of aryl methyl sites for hydroxylation is 1. The average molecular weight is 402 g/mol. The third kappa shape index (κ3) is 6.93. The molecule has 0 aliphatic heterocycles. The minimum atomic E-state index is -5.08. The molecule has 0 saturated carbocycles. The maximum Gasteiger partial charge on any atom is 0.490 e. The van der Waals surface area contributed by atoms with E-state index < -0.39 is 24.1 Å². The second-order valence-electron chi connectivity index (χ2n) is 4.79. The predicted octanol–water partition coefficient (Wildman–Crippen LogP) is 1.35. The van der Waals surface area contributed by atoms with E-state index in [9.17, 15) is 22.8 Å². The zero-order valence-electron chi connectivity index (χ0n) is 14.4. The molecule has 13 heteroatoms. The number of aromatic nitrogens is 4. The van der Waals surface area contributed by atoms with Gasteiger partial charge in [-0.3, -0.25) is 0 Å². The molecule has 1 N–H and O–H groups in total. The molecule has 2 heterocycles. The molecule has 2 rings (SSSR count). The lowest BCUT2D eigenvalue weighted by Crippen LogP contribution is -2.21. The summed E-state index contributed by atoms with van der Waals surface area (Å²) < 4.78 is 41.3. The monoisotopic (exact) mass is 402 g/mol. The van der Waals surface area contributed by atoms with E-state index in [0.29, 0.717) is 5.69 Å². The summed E-state index contributed by atoms with van der Waals surface area (Å²) in [6, 6.07) is 3.44. The summed E-state index contributed by atoms with van der Waals surface area (Å²) in [6.45, 7) is 1.72. The van der Waals surface area contributed by atoms with Crippen LogP contribution < -0.4 is 0 Å². The number of carboxylic acid groups (broad SMARTS) is 1. The van der Waals surface area contributed by atoms with Gasteiger partial charge in [-0.1, -0.05) is 0 Å². The van der Waals surface area contributed by atoms with Crippen LogP contribution in [0.2, 0.25) is 0 Å². The number of carbonyl (C=O) groups excluding carboxylic acids is 2. The Hall–Kier alpha value is -3.64. The maximum absolute atomic E-state index is 11.9. The fourth-order valence-electron chi connectivity index (χ4n) is 1.44. The van der Waals surface area contributed by atoms with E-state index in [4.69, 9.17) is 14.6 Å². The Kier molecular flexibility index (Phi) is 7.91. The van der Waals surface area contributed by atoms with Crippen molar-refractivity contribution in [3.8, 4) is 0 Å². The van der Waals surface area contributed by atoms with Gasteiger partial charge >= 0.3 is 24.1 Å².